The summed E-state index contributed by atoms with van der Waals surface area (Å²) in [5.41, 5.74) is 5.30. The second-order valence-corrected chi connectivity index (χ2v) is 2.43. The van der Waals surface area contributed by atoms with E-state index in [1.807, 2.05) is 0 Å². The number of aromatic nitrogens is 4. The van der Waals surface area contributed by atoms with Gasteiger partial charge in [0, 0.05) is 12.4 Å². The van der Waals surface area contributed by atoms with Gasteiger partial charge in [0.05, 0.1) is 12.7 Å². The summed E-state index contributed by atoms with van der Waals surface area (Å²) in [4.78, 5) is 11.8. The largest absolute Gasteiger partial charge is 0.336 e. The molecule has 0 saturated heterocycles. The molecule has 7 nitrogen and oxygen atoms in total. The van der Waals surface area contributed by atoms with Crippen molar-refractivity contribution in [3.8, 4) is 0 Å². The molecular formula is C7H8N6O. The van der Waals surface area contributed by atoms with Crippen LogP contribution in [-0.4, -0.2) is 20.1 Å². The van der Waals surface area contributed by atoms with Crippen molar-refractivity contribution in [2.45, 2.75) is 6.54 Å². The standard InChI is InChI=1S/C7H8N6O/c8-3-6-12-7(13-14-6)11-5-4-9-1-2-10-5/h1-2,4H,3,8H2,(H,10,11,13). The van der Waals surface area contributed by atoms with Crippen LogP contribution in [0.5, 0.6) is 0 Å². The van der Waals surface area contributed by atoms with E-state index < -0.39 is 0 Å². The smallest absolute Gasteiger partial charge is 0.269 e. The number of anilines is 2. The normalized spacial score (nSPS) is 10.1. The average Bonchev–Trinajstić information content (AvgIpc) is 2.67. The first-order chi connectivity index (χ1) is 6.88. The summed E-state index contributed by atoms with van der Waals surface area (Å²) in [5, 5.41) is 6.45. The van der Waals surface area contributed by atoms with Gasteiger partial charge in [0.25, 0.3) is 5.95 Å². The van der Waals surface area contributed by atoms with Gasteiger partial charge in [0.1, 0.15) is 0 Å². The van der Waals surface area contributed by atoms with Gasteiger partial charge < -0.3 is 15.6 Å². The van der Waals surface area contributed by atoms with Crippen LogP contribution in [0.3, 0.4) is 0 Å². The highest BCUT2D eigenvalue weighted by Crippen LogP contribution is 2.08. The van der Waals surface area contributed by atoms with E-state index in [0.717, 1.165) is 0 Å². The maximum Gasteiger partial charge on any atom is 0.269 e. The second-order valence-electron chi connectivity index (χ2n) is 2.43. The molecule has 0 aliphatic rings. The molecule has 0 fully saturated rings. The van der Waals surface area contributed by atoms with Crippen molar-refractivity contribution < 1.29 is 4.52 Å². The summed E-state index contributed by atoms with van der Waals surface area (Å²) in [6.45, 7) is 0.217. The van der Waals surface area contributed by atoms with Crippen molar-refractivity contribution in [3.05, 3.63) is 24.5 Å². The quantitative estimate of drug-likeness (QED) is 0.708. The SMILES string of the molecule is NCc1nc(Nc2cnccn2)no1. The summed E-state index contributed by atoms with van der Waals surface area (Å²) < 4.78 is 4.79. The molecule has 14 heavy (non-hydrogen) atoms. The van der Waals surface area contributed by atoms with Crippen molar-refractivity contribution in [2.75, 3.05) is 5.32 Å². The highest BCUT2D eigenvalue weighted by molar-refractivity contribution is 5.44. The van der Waals surface area contributed by atoms with Crippen LogP contribution >= 0.6 is 0 Å². The number of hydrogen-bond acceptors (Lipinski definition) is 7. The Balaban J connectivity index is 2.11. The maximum atomic E-state index is 5.30. The summed E-state index contributed by atoms with van der Waals surface area (Å²) in [7, 11) is 0. The molecule has 0 unspecified atom stereocenters. The molecule has 0 aliphatic heterocycles. The van der Waals surface area contributed by atoms with E-state index in [1.165, 1.54) is 0 Å². The Kier molecular flexibility index (Phi) is 2.32. The van der Waals surface area contributed by atoms with Gasteiger partial charge in [-0.15, -0.1) is 0 Å². The molecule has 0 radical (unpaired) electrons. The van der Waals surface area contributed by atoms with Crippen LogP contribution in [0.4, 0.5) is 11.8 Å². The molecule has 0 bridgehead atoms. The molecule has 2 heterocycles. The van der Waals surface area contributed by atoms with Crippen molar-refractivity contribution in [2.24, 2.45) is 5.73 Å². The Morgan fingerprint density at radius 1 is 1.43 bits per heavy atom. The minimum Gasteiger partial charge on any atom is -0.336 e. The third-order valence-corrected chi connectivity index (χ3v) is 1.45. The summed E-state index contributed by atoms with van der Waals surface area (Å²) in [5.74, 6) is 1.25. The molecule has 0 amide bonds. The van der Waals surface area contributed by atoms with Crippen LogP contribution in [0.15, 0.2) is 23.1 Å². The van der Waals surface area contributed by atoms with Gasteiger partial charge in [-0.1, -0.05) is 0 Å². The van der Waals surface area contributed by atoms with E-state index in [9.17, 15) is 0 Å². The van der Waals surface area contributed by atoms with Gasteiger partial charge in [-0.2, -0.15) is 4.98 Å². The van der Waals surface area contributed by atoms with E-state index in [0.29, 0.717) is 17.7 Å². The van der Waals surface area contributed by atoms with Gasteiger partial charge in [-0.25, -0.2) is 4.98 Å². The first kappa shape index (κ1) is 8.57. The Morgan fingerprint density at radius 2 is 2.36 bits per heavy atom. The van der Waals surface area contributed by atoms with Crippen LogP contribution in [-0.2, 0) is 6.54 Å². The van der Waals surface area contributed by atoms with Crippen molar-refractivity contribution in [1.82, 2.24) is 20.1 Å². The molecule has 2 rings (SSSR count). The van der Waals surface area contributed by atoms with Crippen LogP contribution in [0.2, 0.25) is 0 Å². The monoisotopic (exact) mass is 192 g/mol. The fourth-order valence-corrected chi connectivity index (χ4v) is 0.867. The Labute approximate surface area is 79.4 Å². The lowest BCUT2D eigenvalue weighted by Crippen LogP contribution is -1.98. The van der Waals surface area contributed by atoms with Crippen LogP contribution in [0.25, 0.3) is 0 Å². The zero-order valence-corrected chi connectivity index (χ0v) is 7.21. The number of rotatable bonds is 3. The van der Waals surface area contributed by atoms with Gasteiger partial charge in [0.2, 0.25) is 5.89 Å². The molecule has 0 aromatic carbocycles. The Bertz CT molecular complexity index is 400. The van der Waals surface area contributed by atoms with Gasteiger partial charge in [-0.05, 0) is 5.16 Å². The van der Waals surface area contributed by atoms with E-state index in [1.54, 1.807) is 18.6 Å². The van der Waals surface area contributed by atoms with Crippen LogP contribution in [0, 0.1) is 0 Å². The third-order valence-electron chi connectivity index (χ3n) is 1.45. The number of nitrogens with two attached hydrogens (primary N) is 1. The van der Waals surface area contributed by atoms with Crippen LogP contribution < -0.4 is 11.1 Å². The second kappa shape index (κ2) is 3.79. The predicted molar refractivity (Wildman–Crippen MR) is 47.5 cm³/mol. The molecular weight excluding hydrogens is 184 g/mol. The summed E-state index contributed by atoms with van der Waals surface area (Å²) in [6, 6.07) is 0. The lowest BCUT2D eigenvalue weighted by Gasteiger charge is -1.96. The molecule has 2 aromatic heterocycles. The van der Waals surface area contributed by atoms with Gasteiger partial charge in [-0.3, -0.25) is 4.98 Å². The topological polar surface area (TPSA) is 103 Å². The Morgan fingerprint density at radius 3 is 3.00 bits per heavy atom. The predicted octanol–water partition coefficient (Wildman–Crippen LogP) is 0.0619. The molecule has 2 aromatic rings. The molecule has 0 spiro atoms. The molecule has 72 valence electrons. The lowest BCUT2D eigenvalue weighted by molar-refractivity contribution is 0.381. The number of nitrogens with zero attached hydrogens (tertiary/aromatic N) is 4. The third kappa shape index (κ3) is 1.83. The molecule has 7 heteroatoms. The molecule has 0 atom stereocenters. The van der Waals surface area contributed by atoms with Crippen molar-refractivity contribution >= 4 is 11.8 Å². The summed E-state index contributed by atoms with van der Waals surface area (Å²) in [6.07, 6.45) is 4.69. The lowest BCUT2D eigenvalue weighted by atomic mass is 10.6. The van der Waals surface area contributed by atoms with Crippen molar-refractivity contribution in [1.29, 1.82) is 0 Å². The minimum absolute atomic E-state index is 0.217. The molecule has 3 N–H and O–H groups in total. The van der Waals surface area contributed by atoms with Crippen molar-refractivity contribution in [3.63, 3.8) is 0 Å². The molecule has 0 aliphatic carbocycles. The van der Waals surface area contributed by atoms with E-state index in [2.05, 4.69) is 25.4 Å². The van der Waals surface area contributed by atoms with Gasteiger partial charge in [0.15, 0.2) is 5.82 Å². The molecule has 0 saturated carbocycles. The maximum absolute atomic E-state index is 5.30. The fraction of sp³-hybridized carbons (Fsp3) is 0.143. The van der Waals surface area contributed by atoms with Gasteiger partial charge >= 0.3 is 0 Å². The summed E-state index contributed by atoms with van der Waals surface area (Å²) >= 11 is 0. The van der Waals surface area contributed by atoms with E-state index in [-0.39, 0.29) is 6.54 Å². The van der Waals surface area contributed by atoms with E-state index in [4.69, 9.17) is 10.3 Å². The van der Waals surface area contributed by atoms with E-state index >= 15 is 0 Å². The minimum atomic E-state index is 0.217. The highest BCUT2D eigenvalue weighted by Gasteiger charge is 2.04. The zero-order chi connectivity index (χ0) is 9.80. The van der Waals surface area contributed by atoms with Crippen LogP contribution in [0.1, 0.15) is 5.89 Å². The Hall–Kier alpha value is -2.02. The number of nitrogens with one attached hydrogen (secondary N) is 1. The first-order valence-corrected chi connectivity index (χ1v) is 3.94. The first-order valence-electron chi connectivity index (χ1n) is 3.94. The average molecular weight is 192 g/mol. The number of hydrogen-bond donors (Lipinski definition) is 2. The fourth-order valence-electron chi connectivity index (χ4n) is 0.867. The highest BCUT2D eigenvalue weighted by atomic mass is 16.5. The zero-order valence-electron chi connectivity index (χ0n) is 7.21.